The third kappa shape index (κ3) is 28.3. The van der Waals surface area contributed by atoms with Gasteiger partial charge in [0.15, 0.2) is 0 Å². The molecule has 0 saturated heterocycles. The molecule has 0 atom stereocenters. The zero-order chi connectivity index (χ0) is 50.1. The van der Waals surface area contributed by atoms with Crippen LogP contribution in [-0.2, 0) is 45.6 Å². The van der Waals surface area contributed by atoms with E-state index in [0.29, 0.717) is 0 Å². The van der Waals surface area contributed by atoms with Crippen LogP contribution in [0.3, 0.4) is 0 Å². The molecule has 0 aliphatic heterocycles. The first kappa shape index (κ1) is 73.9. The average molecular weight is 979 g/mol. The summed E-state index contributed by atoms with van der Waals surface area (Å²) in [5.41, 5.74) is 9.21. The summed E-state index contributed by atoms with van der Waals surface area (Å²) in [5.74, 6) is 0. The predicted octanol–water partition coefficient (Wildman–Crippen LogP) is 22.5. The van der Waals surface area contributed by atoms with Gasteiger partial charge in [0.05, 0.1) is 0 Å². The molecule has 0 spiro atoms. The molecule has 0 aliphatic carbocycles. The van der Waals surface area contributed by atoms with Gasteiger partial charge in [-0.3, -0.25) is 0 Å². The molecule has 0 saturated carbocycles. The molecule has 1 heteroatoms. The molecule has 0 nitrogen and oxygen atoms in total. The Labute approximate surface area is 442 Å². The summed E-state index contributed by atoms with van der Waals surface area (Å²) >= 11 is 0. The van der Waals surface area contributed by atoms with E-state index >= 15 is 0 Å². The van der Waals surface area contributed by atoms with E-state index < -0.39 is 0 Å². The SMILES string of the molecule is CC.CC.CC.CC.CC.CC.CC.CC.CC.CCc1ccccc1.[CH3-].[Y].c1ccc(Cc2c3ccccc3c(-c3cccc(-c4ccccc4)c3)c3ccccc23)cc1.c1ccccc1. The van der Waals surface area contributed by atoms with Crippen LogP contribution in [0.4, 0.5) is 0 Å². The van der Waals surface area contributed by atoms with Crippen LogP contribution in [0.1, 0.15) is 148 Å². The summed E-state index contributed by atoms with van der Waals surface area (Å²) in [6, 6.07) is 70.6. The Balaban J connectivity index is -0.000000227. The molecule has 67 heavy (non-hydrogen) atoms. The van der Waals surface area contributed by atoms with E-state index in [0.717, 1.165) is 12.8 Å². The number of aryl methyl sites for hydroxylation is 1. The fourth-order valence-corrected chi connectivity index (χ4v) is 6.10. The molecule has 0 bridgehead atoms. The van der Waals surface area contributed by atoms with Crippen LogP contribution in [-0.4, -0.2) is 0 Å². The molecular weight excluding hydrogens is 882 g/mol. The van der Waals surface area contributed by atoms with Crippen molar-refractivity contribution in [3.05, 3.63) is 224 Å². The quantitative estimate of drug-likeness (QED) is 0.119. The second kappa shape index (κ2) is 55.7. The van der Waals surface area contributed by atoms with Crippen LogP contribution < -0.4 is 0 Å². The van der Waals surface area contributed by atoms with Gasteiger partial charge in [-0.1, -0.05) is 326 Å². The Kier molecular flexibility index (Phi) is 61.5. The van der Waals surface area contributed by atoms with Gasteiger partial charge in [0.1, 0.15) is 0 Å². The molecule has 8 aromatic rings. The molecule has 8 rings (SSSR count). The number of benzene rings is 8. The zero-order valence-electron chi connectivity index (χ0n) is 46.5. The maximum atomic E-state index is 2.33. The first-order valence-corrected chi connectivity index (χ1v) is 25.5. The van der Waals surface area contributed by atoms with E-state index in [9.17, 15) is 0 Å². The summed E-state index contributed by atoms with van der Waals surface area (Å²) in [6.07, 6.45) is 2.06. The van der Waals surface area contributed by atoms with Gasteiger partial charge in [0, 0.05) is 32.7 Å². The van der Waals surface area contributed by atoms with Crippen LogP contribution in [0, 0.1) is 7.43 Å². The normalized spacial score (nSPS) is 8.10. The summed E-state index contributed by atoms with van der Waals surface area (Å²) in [7, 11) is 0. The van der Waals surface area contributed by atoms with Gasteiger partial charge in [-0.25, -0.2) is 0 Å². The largest absolute Gasteiger partial charge is 0.358 e. The van der Waals surface area contributed by atoms with Crippen molar-refractivity contribution in [3.8, 4) is 22.3 Å². The van der Waals surface area contributed by atoms with Crippen LogP contribution in [0.2, 0.25) is 0 Å². The Morgan fingerprint density at radius 2 is 0.537 bits per heavy atom. The molecule has 0 aromatic heterocycles. The molecule has 0 heterocycles. The molecule has 0 unspecified atom stereocenters. The molecule has 1 radical (unpaired) electrons. The molecule has 0 N–H and O–H groups in total. The standard InChI is InChI=1S/C33H24.C8H10.C6H6.9C2H6.CH3.Y/c1-3-12-24(13-4-1)22-32-28-18-7-9-20-30(28)33(31-21-10-8-19-29(31)32)27-17-11-16-26(23-27)25-14-5-2-6-15-25;1-2-8-6-4-3-5-7-8;1-2-4-6-5-3-1;9*1-2;;/h1-21,23H,22H2;3-7H,2H2,1H3;1-6H;9*1-2H3;1H3;/q;;;;;;;;;;;;-1;. The van der Waals surface area contributed by atoms with Crippen molar-refractivity contribution in [2.45, 2.75) is 144 Å². The molecule has 0 amide bonds. The predicted molar refractivity (Wildman–Crippen MR) is 312 cm³/mol. The van der Waals surface area contributed by atoms with Gasteiger partial charge < -0.3 is 7.43 Å². The van der Waals surface area contributed by atoms with E-state index in [1.54, 1.807) is 0 Å². The minimum absolute atomic E-state index is 0. The van der Waals surface area contributed by atoms with E-state index in [1.165, 1.54) is 60.5 Å². The van der Waals surface area contributed by atoms with Gasteiger partial charge in [0.25, 0.3) is 0 Å². The van der Waals surface area contributed by atoms with Crippen molar-refractivity contribution in [2.75, 3.05) is 0 Å². The Morgan fingerprint density at radius 3 is 0.881 bits per heavy atom. The monoisotopic (exact) mass is 979 g/mol. The minimum atomic E-state index is 0. The minimum Gasteiger partial charge on any atom is -0.358 e. The first-order chi connectivity index (χ1) is 32.3. The molecule has 8 aromatic carbocycles. The van der Waals surface area contributed by atoms with Crippen LogP contribution in [0.5, 0.6) is 0 Å². The topological polar surface area (TPSA) is 0 Å². The summed E-state index contributed by atoms with van der Waals surface area (Å²) in [6.45, 7) is 38.2. The first-order valence-electron chi connectivity index (χ1n) is 25.5. The Bertz CT molecular complexity index is 2040. The second-order valence-corrected chi connectivity index (χ2v) is 11.5. The van der Waals surface area contributed by atoms with Crippen molar-refractivity contribution in [2.24, 2.45) is 0 Å². The number of fused-ring (bicyclic) bond motifs is 2. The van der Waals surface area contributed by atoms with E-state index in [-0.39, 0.29) is 40.1 Å². The van der Waals surface area contributed by atoms with Crippen LogP contribution in [0.25, 0.3) is 43.8 Å². The van der Waals surface area contributed by atoms with Gasteiger partial charge in [-0.15, -0.1) is 0 Å². The van der Waals surface area contributed by atoms with Gasteiger partial charge in [0.2, 0.25) is 0 Å². The van der Waals surface area contributed by atoms with Crippen molar-refractivity contribution in [3.63, 3.8) is 0 Å². The smallest absolute Gasteiger partial charge is 0 e. The molecule has 365 valence electrons. The fourth-order valence-electron chi connectivity index (χ4n) is 6.10. The summed E-state index contributed by atoms with van der Waals surface area (Å²) in [4.78, 5) is 0. The maximum absolute atomic E-state index is 2.33. The van der Waals surface area contributed by atoms with Crippen molar-refractivity contribution in [1.82, 2.24) is 0 Å². The number of hydrogen-bond acceptors (Lipinski definition) is 0. The van der Waals surface area contributed by atoms with Crippen molar-refractivity contribution < 1.29 is 32.7 Å². The van der Waals surface area contributed by atoms with Crippen molar-refractivity contribution in [1.29, 1.82) is 0 Å². The average Bonchev–Trinajstić information content (AvgIpc) is 3.45. The number of hydrogen-bond donors (Lipinski definition) is 0. The van der Waals surface area contributed by atoms with Crippen molar-refractivity contribution >= 4 is 21.5 Å². The van der Waals surface area contributed by atoms with E-state index in [4.69, 9.17) is 0 Å². The van der Waals surface area contributed by atoms with E-state index in [1.807, 2.05) is 167 Å². The van der Waals surface area contributed by atoms with E-state index in [2.05, 4.69) is 165 Å². The maximum Gasteiger partial charge on any atom is 0 e. The van der Waals surface area contributed by atoms with Crippen LogP contribution in [0.15, 0.2) is 200 Å². The fraction of sp³-hybridized carbons (Fsp3) is 0.318. The third-order valence-electron chi connectivity index (χ3n) is 8.44. The third-order valence-corrected chi connectivity index (χ3v) is 8.44. The summed E-state index contributed by atoms with van der Waals surface area (Å²) < 4.78 is 0. The zero-order valence-corrected chi connectivity index (χ0v) is 49.4. The van der Waals surface area contributed by atoms with Gasteiger partial charge in [-0.2, -0.15) is 0 Å². The molecular formula is C66H97Y-. The Morgan fingerprint density at radius 1 is 0.269 bits per heavy atom. The Hall–Kier alpha value is -4.62. The van der Waals surface area contributed by atoms with Crippen LogP contribution >= 0.6 is 0 Å². The summed E-state index contributed by atoms with van der Waals surface area (Å²) in [5, 5.41) is 5.29. The van der Waals surface area contributed by atoms with Gasteiger partial charge >= 0.3 is 0 Å². The molecule has 0 fully saturated rings. The number of rotatable bonds is 5. The molecule has 0 aliphatic rings. The second-order valence-electron chi connectivity index (χ2n) is 11.5. The van der Waals surface area contributed by atoms with Gasteiger partial charge in [-0.05, 0) is 79.4 Å².